The molecule has 18 nitrogen and oxygen atoms in total. The molecule has 0 radical (unpaired) electrons. The van der Waals surface area contributed by atoms with Crippen molar-refractivity contribution in [3.05, 3.63) is 0 Å². The monoisotopic (exact) mass is 612 g/mol. The average molecular weight is 613 g/mol. The number of rotatable bonds is 10. The Balaban J connectivity index is 0.000000420. The summed E-state index contributed by atoms with van der Waals surface area (Å²) in [7, 11) is 0. The molecule has 2 rings (SSSR count). The second kappa shape index (κ2) is 18.6. The minimum atomic E-state index is -1.44. The van der Waals surface area contributed by atoms with Crippen LogP contribution in [0.4, 0.5) is 9.59 Å². The van der Waals surface area contributed by atoms with Gasteiger partial charge in [-0.3, -0.25) is 9.59 Å². The van der Waals surface area contributed by atoms with Gasteiger partial charge in [-0.15, -0.1) is 0 Å². The second-order valence-electron chi connectivity index (χ2n) is 9.53. The van der Waals surface area contributed by atoms with Crippen LogP contribution in [0.2, 0.25) is 0 Å². The topological polar surface area (TPSA) is 275 Å². The van der Waals surface area contributed by atoms with Crippen LogP contribution >= 0.6 is 0 Å². The van der Waals surface area contributed by atoms with Gasteiger partial charge in [0.05, 0.1) is 13.2 Å². The molecule has 0 unspecified atom stereocenters. The molecular formula is C24H44N4O14. The van der Waals surface area contributed by atoms with Gasteiger partial charge in [0.2, 0.25) is 24.4 Å². The van der Waals surface area contributed by atoms with Gasteiger partial charge in [-0.1, -0.05) is 13.8 Å². The van der Waals surface area contributed by atoms with E-state index in [2.05, 4.69) is 21.3 Å². The molecule has 244 valence electrons. The Morgan fingerprint density at radius 1 is 0.643 bits per heavy atom. The van der Waals surface area contributed by atoms with Crippen molar-refractivity contribution < 1.29 is 68.8 Å². The highest BCUT2D eigenvalue weighted by Crippen LogP contribution is 2.23. The van der Waals surface area contributed by atoms with Crippen molar-refractivity contribution in [1.82, 2.24) is 21.3 Å². The maximum atomic E-state index is 11.6. The molecule has 18 heteroatoms. The van der Waals surface area contributed by atoms with E-state index in [0.29, 0.717) is 25.9 Å². The smallest absolute Gasteiger partial charge is 0.409 e. The van der Waals surface area contributed by atoms with Gasteiger partial charge < -0.3 is 70.9 Å². The molecule has 0 aromatic carbocycles. The zero-order valence-electron chi connectivity index (χ0n) is 24.0. The summed E-state index contributed by atoms with van der Waals surface area (Å²) < 4.78 is 20.4. The Morgan fingerprint density at radius 2 is 0.976 bits per heavy atom. The number of hydrogen-bond donors (Lipinski definition) is 10. The number of alkyl carbamates (subject to hydrolysis) is 2. The molecule has 0 aromatic rings. The van der Waals surface area contributed by atoms with Crippen LogP contribution in [0, 0.1) is 0 Å². The van der Waals surface area contributed by atoms with E-state index in [0.717, 1.165) is 0 Å². The van der Waals surface area contributed by atoms with Crippen molar-refractivity contribution >= 4 is 24.0 Å². The normalized spacial score (nSPS) is 32.3. The maximum Gasteiger partial charge on any atom is 0.409 e. The van der Waals surface area contributed by atoms with Crippen molar-refractivity contribution in [3.63, 3.8) is 0 Å². The van der Waals surface area contributed by atoms with Crippen molar-refractivity contribution in [1.29, 1.82) is 0 Å². The first-order valence-corrected chi connectivity index (χ1v) is 13.5. The number of ether oxygens (including phenoxy) is 4. The summed E-state index contributed by atoms with van der Waals surface area (Å²) in [6, 6.07) is -2.26. The van der Waals surface area contributed by atoms with Gasteiger partial charge in [-0.25, -0.2) is 9.59 Å². The number of aliphatic hydroxyl groups is 6. The molecule has 0 saturated carbocycles. The van der Waals surface area contributed by atoms with Crippen LogP contribution in [0.5, 0.6) is 0 Å². The number of amides is 4. The minimum Gasteiger partial charge on any atom is -0.417 e. The molecule has 2 aliphatic heterocycles. The molecule has 10 atom stereocenters. The largest absolute Gasteiger partial charge is 0.417 e. The molecule has 4 amide bonds. The number of nitrogens with one attached hydrogen (secondary N) is 4. The third-order valence-corrected chi connectivity index (χ3v) is 5.99. The first-order chi connectivity index (χ1) is 19.8. The summed E-state index contributed by atoms with van der Waals surface area (Å²) in [4.78, 5) is 45.4. The Hall–Kier alpha value is -2.84. The Labute approximate surface area is 242 Å². The quantitative estimate of drug-likeness (QED) is 0.113. The number of carbonyl (C=O) groups is 4. The van der Waals surface area contributed by atoms with E-state index in [-0.39, 0.29) is 0 Å². The van der Waals surface area contributed by atoms with Crippen molar-refractivity contribution in [3.8, 4) is 0 Å². The van der Waals surface area contributed by atoms with Crippen molar-refractivity contribution in [2.24, 2.45) is 0 Å². The van der Waals surface area contributed by atoms with Gasteiger partial charge >= 0.3 is 12.2 Å². The molecule has 2 fully saturated rings. The van der Waals surface area contributed by atoms with Gasteiger partial charge in [0.15, 0.2) is 0 Å². The van der Waals surface area contributed by atoms with E-state index >= 15 is 0 Å². The third kappa shape index (κ3) is 11.4. The fourth-order valence-corrected chi connectivity index (χ4v) is 3.89. The van der Waals surface area contributed by atoms with Crippen LogP contribution in [0.1, 0.15) is 40.5 Å². The summed E-state index contributed by atoms with van der Waals surface area (Å²) in [6.45, 7) is 5.80. The van der Waals surface area contributed by atoms with Crippen LogP contribution < -0.4 is 21.3 Å². The fourth-order valence-electron chi connectivity index (χ4n) is 3.89. The van der Waals surface area contributed by atoms with Crippen LogP contribution in [0.3, 0.4) is 0 Å². The molecule has 42 heavy (non-hydrogen) atoms. The fraction of sp³-hybridized carbons (Fsp3) is 0.833. The maximum absolute atomic E-state index is 11.6. The van der Waals surface area contributed by atoms with Gasteiger partial charge in [-0.2, -0.15) is 0 Å². The van der Waals surface area contributed by atoms with E-state index in [1.807, 2.05) is 13.8 Å². The zero-order valence-corrected chi connectivity index (χ0v) is 24.0. The molecule has 0 aromatic heterocycles. The molecular weight excluding hydrogens is 568 g/mol. The zero-order chi connectivity index (χ0) is 32.0. The van der Waals surface area contributed by atoms with Crippen LogP contribution in [-0.2, 0) is 28.5 Å². The minimum absolute atomic E-state index is 0.394. The molecule has 0 aliphatic carbocycles. The number of hydrogen-bond acceptors (Lipinski definition) is 14. The summed E-state index contributed by atoms with van der Waals surface area (Å²) in [5, 5.41) is 67.3. The van der Waals surface area contributed by atoms with Crippen LogP contribution in [0.25, 0.3) is 0 Å². The predicted octanol–water partition coefficient (Wildman–Crippen LogP) is -3.87. The highest BCUT2D eigenvalue weighted by atomic mass is 16.7. The summed E-state index contributed by atoms with van der Waals surface area (Å²) in [6.07, 6.45) is -10.7. The predicted molar refractivity (Wildman–Crippen MR) is 140 cm³/mol. The van der Waals surface area contributed by atoms with Gasteiger partial charge in [0, 0.05) is 26.9 Å². The lowest BCUT2D eigenvalue weighted by molar-refractivity contribution is -0.252. The SMILES string of the molecule is CCCNC(=O)O[C@H]1O[C@H](CO)[C@@H](O)[C@H](O)[C@H]1NC(C)=O.CCCNC(=O)O[C@H]1O[C@H](CO)[C@@H](O)[C@H](O)[C@H]1NC(C)=O. The molecule has 0 bridgehead atoms. The highest BCUT2D eigenvalue weighted by Gasteiger charge is 2.47. The van der Waals surface area contributed by atoms with E-state index in [9.17, 15) is 39.6 Å². The van der Waals surface area contributed by atoms with Crippen molar-refractivity contribution in [2.75, 3.05) is 26.3 Å². The standard InChI is InChI=1S/2C12H22N2O7/c2*1-3-4-13-12(19)21-11-8(14-6(2)16)10(18)9(17)7(5-15)20-11/h2*7-11,15,17-18H,3-5H2,1-2H3,(H,13,19)(H,14,16)/t2*7-,8-,9-,10-,11-/m11/s1. The second-order valence-corrected chi connectivity index (χ2v) is 9.53. The van der Waals surface area contributed by atoms with Gasteiger partial charge in [0.1, 0.15) is 48.7 Å². The summed E-state index contributed by atoms with van der Waals surface area (Å²) in [5.74, 6) is -0.972. The first kappa shape index (κ1) is 37.2. The lowest BCUT2D eigenvalue weighted by Crippen LogP contribution is -2.65. The highest BCUT2D eigenvalue weighted by molar-refractivity contribution is 5.74. The molecule has 0 spiro atoms. The Morgan fingerprint density at radius 3 is 1.24 bits per heavy atom. The lowest BCUT2D eigenvalue weighted by Gasteiger charge is -2.41. The first-order valence-electron chi connectivity index (χ1n) is 13.5. The van der Waals surface area contributed by atoms with Gasteiger partial charge in [0.25, 0.3) is 0 Å². The summed E-state index contributed by atoms with van der Waals surface area (Å²) in [5.41, 5.74) is 0. The lowest BCUT2D eigenvalue weighted by atomic mass is 9.97. The third-order valence-electron chi connectivity index (χ3n) is 5.99. The number of carbonyl (C=O) groups excluding carboxylic acids is 4. The number of aliphatic hydroxyl groups excluding tert-OH is 6. The molecule has 10 N–H and O–H groups in total. The van der Waals surface area contributed by atoms with Crippen LogP contribution in [-0.4, -0.2) is 142 Å². The summed E-state index contributed by atoms with van der Waals surface area (Å²) >= 11 is 0. The van der Waals surface area contributed by atoms with Gasteiger partial charge in [-0.05, 0) is 12.8 Å². The molecule has 2 aliphatic rings. The van der Waals surface area contributed by atoms with Crippen LogP contribution in [0.15, 0.2) is 0 Å². The van der Waals surface area contributed by atoms with E-state index in [1.165, 1.54) is 13.8 Å². The molecule has 2 heterocycles. The van der Waals surface area contributed by atoms with E-state index in [1.54, 1.807) is 0 Å². The average Bonchev–Trinajstić information content (AvgIpc) is 2.94. The van der Waals surface area contributed by atoms with E-state index in [4.69, 9.17) is 29.2 Å². The van der Waals surface area contributed by atoms with E-state index < -0.39 is 98.5 Å². The Bertz CT molecular complexity index is 799. The molecule has 2 saturated heterocycles. The van der Waals surface area contributed by atoms with Crippen molar-refractivity contribution in [2.45, 2.75) is 102 Å². The Kier molecular flexibility index (Phi) is 16.5.